The van der Waals surface area contributed by atoms with Gasteiger partial charge in [0.1, 0.15) is 5.75 Å². The maximum atomic E-state index is 13.5. The fraction of sp³-hybridized carbons (Fsp3) is 0.318. The van der Waals surface area contributed by atoms with Crippen LogP contribution in [0.3, 0.4) is 0 Å². The number of amides is 1. The van der Waals surface area contributed by atoms with Crippen LogP contribution in [-0.2, 0) is 10.0 Å². The van der Waals surface area contributed by atoms with Crippen molar-refractivity contribution < 1.29 is 17.9 Å². The summed E-state index contributed by atoms with van der Waals surface area (Å²) < 4.78 is 33.6. The fourth-order valence-corrected chi connectivity index (χ4v) is 5.20. The molecule has 8 heteroatoms. The molecular weight excluding hydrogens is 424 g/mol. The molecule has 3 rings (SSSR count). The Morgan fingerprint density at radius 1 is 1.33 bits per heavy atom. The van der Waals surface area contributed by atoms with Gasteiger partial charge in [0.2, 0.25) is 0 Å². The van der Waals surface area contributed by atoms with Gasteiger partial charge in [-0.1, -0.05) is 36.7 Å². The first kappa shape index (κ1) is 22.2. The van der Waals surface area contributed by atoms with Crippen molar-refractivity contribution in [1.82, 2.24) is 4.90 Å². The molecule has 1 aliphatic heterocycles. The smallest absolute Gasteiger partial charge is 0.264 e. The Balaban J connectivity index is 2.04. The van der Waals surface area contributed by atoms with Crippen molar-refractivity contribution in [3.63, 3.8) is 0 Å². The number of hydrogen-bond donors (Lipinski definition) is 0. The standard InChI is InChI=1S/C22H25ClN2O4S/c1-4-12-25(20-7-5-6-8-21(20)29-3)30(27,28)17-9-10-19(23)18(14-17)22(26)24-13-11-16(2)15-24/h4-10,14,16H,1,11-13,15H2,2-3H3. The molecule has 1 atom stereocenters. The Bertz CT molecular complexity index is 1050. The summed E-state index contributed by atoms with van der Waals surface area (Å²) in [4.78, 5) is 14.6. The molecular formula is C22H25ClN2O4S. The average Bonchev–Trinajstić information content (AvgIpc) is 3.18. The van der Waals surface area contributed by atoms with Gasteiger partial charge < -0.3 is 9.64 Å². The zero-order chi connectivity index (χ0) is 21.9. The topological polar surface area (TPSA) is 66.9 Å². The highest BCUT2D eigenvalue weighted by atomic mass is 35.5. The third kappa shape index (κ3) is 4.32. The Morgan fingerprint density at radius 3 is 2.70 bits per heavy atom. The minimum atomic E-state index is -4.00. The normalized spacial score (nSPS) is 16.4. The maximum absolute atomic E-state index is 13.5. The fourth-order valence-electron chi connectivity index (χ4n) is 3.52. The molecule has 0 radical (unpaired) electrons. The molecule has 160 valence electrons. The lowest BCUT2D eigenvalue weighted by Gasteiger charge is -2.25. The number of ether oxygens (including phenoxy) is 1. The molecule has 0 N–H and O–H groups in total. The second kappa shape index (κ2) is 9.10. The highest BCUT2D eigenvalue weighted by Crippen LogP contribution is 2.33. The lowest BCUT2D eigenvalue weighted by Crippen LogP contribution is -2.32. The molecule has 2 aromatic rings. The molecule has 0 spiro atoms. The Hall–Kier alpha value is -2.51. The summed E-state index contributed by atoms with van der Waals surface area (Å²) in [7, 11) is -2.52. The Labute approximate surface area is 182 Å². The van der Waals surface area contributed by atoms with Crippen molar-refractivity contribution in [3.8, 4) is 5.75 Å². The molecule has 0 aliphatic carbocycles. The van der Waals surface area contributed by atoms with Crippen molar-refractivity contribution in [2.75, 3.05) is 31.0 Å². The molecule has 2 aromatic carbocycles. The van der Waals surface area contributed by atoms with Crippen LogP contribution in [0.25, 0.3) is 0 Å². The number of hydrogen-bond acceptors (Lipinski definition) is 4. The van der Waals surface area contributed by atoms with E-state index in [1.54, 1.807) is 29.2 Å². The number of benzene rings is 2. The van der Waals surface area contributed by atoms with Gasteiger partial charge in [-0.05, 0) is 42.7 Å². The molecule has 1 heterocycles. The van der Waals surface area contributed by atoms with E-state index in [4.69, 9.17) is 16.3 Å². The SMILES string of the molecule is C=CCN(c1ccccc1OC)S(=O)(=O)c1ccc(Cl)c(C(=O)N2CCC(C)C2)c1. The molecule has 1 amide bonds. The molecule has 1 unspecified atom stereocenters. The minimum absolute atomic E-state index is 0.0183. The lowest BCUT2D eigenvalue weighted by molar-refractivity contribution is 0.0788. The lowest BCUT2D eigenvalue weighted by atomic mass is 10.2. The summed E-state index contributed by atoms with van der Waals surface area (Å²) >= 11 is 6.27. The van der Waals surface area contributed by atoms with Crippen molar-refractivity contribution in [2.45, 2.75) is 18.2 Å². The predicted molar refractivity (Wildman–Crippen MR) is 119 cm³/mol. The van der Waals surface area contributed by atoms with Crippen LogP contribution in [0.5, 0.6) is 5.75 Å². The van der Waals surface area contributed by atoms with E-state index in [1.807, 2.05) is 0 Å². The number of likely N-dealkylation sites (tertiary alicyclic amines) is 1. The van der Waals surface area contributed by atoms with Crippen LogP contribution in [0.15, 0.2) is 60.0 Å². The molecule has 0 bridgehead atoms. The summed E-state index contributed by atoms with van der Waals surface area (Å²) in [6.07, 6.45) is 2.42. The maximum Gasteiger partial charge on any atom is 0.264 e. The minimum Gasteiger partial charge on any atom is -0.495 e. The van der Waals surface area contributed by atoms with Crippen LogP contribution in [-0.4, -0.2) is 46.0 Å². The molecule has 1 fully saturated rings. The van der Waals surface area contributed by atoms with Gasteiger partial charge in [0, 0.05) is 13.1 Å². The van der Waals surface area contributed by atoms with Crippen molar-refractivity contribution in [1.29, 1.82) is 0 Å². The number of methoxy groups -OCH3 is 1. The van der Waals surface area contributed by atoms with Crippen LogP contribution in [0.1, 0.15) is 23.7 Å². The highest BCUT2D eigenvalue weighted by molar-refractivity contribution is 7.92. The first-order chi connectivity index (χ1) is 14.3. The third-order valence-corrected chi connectivity index (χ3v) is 7.22. The van der Waals surface area contributed by atoms with Gasteiger partial charge >= 0.3 is 0 Å². The van der Waals surface area contributed by atoms with Gasteiger partial charge in [-0.15, -0.1) is 6.58 Å². The van der Waals surface area contributed by atoms with Gasteiger partial charge in [0.25, 0.3) is 15.9 Å². The Kier molecular flexibility index (Phi) is 6.73. The van der Waals surface area contributed by atoms with Gasteiger partial charge in [-0.3, -0.25) is 9.10 Å². The van der Waals surface area contributed by atoms with E-state index in [9.17, 15) is 13.2 Å². The largest absolute Gasteiger partial charge is 0.495 e. The first-order valence-corrected chi connectivity index (χ1v) is 11.5. The van der Waals surface area contributed by atoms with E-state index < -0.39 is 10.0 Å². The number of anilines is 1. The molecule has 1 aliphatic rings. The van der Waals surface area contributed by atoms with Gasteiger partial charge in [0.15, 0.2) is 0 Å². The van der Waals surface area contributed by atoms with Crippen LogP contribution >= 0.6 is 11.6 Å². The zero-order valence-electron chi connectivity index (χ0n) is 17.0. The van der Waals surface area contributed by atoms with E-state index in [1.165, 1.54) is 35.7 Å². The number of para-hydroxylation sites is 2. The van der Waals surface area contributed by atoms with Gasteiger partial charge in [-0.2, -0.15) is 0 Å². The van der Waals surface area contributed by atoms with E-state index >= 15 is 0 Å². The van der Waals surface area contributed by atoms with E-state index in [2.05, 4.69) is 13.5 Å². The number of sulfonamides is 1. The second-order valence-corrected chi connectivity index (χ2v) is 9.55. The summed E-state index contributed by atoms with van der Waals surface area (Å²) in [6, 6.07) is 11.1. The summed E-state index contributed by atoms with van der Waals surface area (Å²) in [5.74, 6) is 0.571. The summed E-state index contributed by atoms with van der Waals surface area (Å²) in [5.41, 5.74) is 0.571. The summed E-state index contributed by atoms with van der Waals surface area (Å²) in [5, 5.41) is 0.228. The van der Waals surface area contributed by atoms with Crippen LogP contribution in [0.2, 0.25) is 5.02 Å². The van der Waals surface area contributed by atoms with Crippen molar-refractivity contribution in [2.24, 2.45) is 5.92 Å². The molecule has 0 aromatic heterocycles. The first-order valence-electron chi connectivity index (χ1n) is 9.65. The number of carbonyl (C=O) groups excluding carboxylic acids is 1. The number of rotatable bonds is 7. The van der Waals surface area contributed by atoms with Gasteiger partial charge in [-0.25, -0.2) is 8.42 Å². The molecule has 30 heavy (non-hydrogen) atoms. The monoisotopic (exact) mass is 448 g/mol. The summed E-state index contributed by atoms with van der Waals surface area (Å²) in [6.45, 7) is 7.07. The van der Waals surface area contributed by atoms with Gasteiger partial charge in [0.05, 0.1) is 34.8 Å². The van der Waals surface area contributed by atoms with Crippen LogP contribution in [0, 0.1) is 5.92 Å². The van der Waals surface area contributed by atoms with E-state index in [0.29, 0.717) is 30.4 Å². The molecule has 1 saturated heterocycles. The Morgan fingerprint density at radius 2 is 2.07 bits per heavy atom. The molecule has 6 nitrogen and oxygen atoms in total. The number of carbonyl (C=O) groups is 1. The highest BCUT2D eigenvalue weighted by Gasteiger charge is 2.30. The molecule has 0 saturated carbocycles. The average molecular weight is 449 g/mol. The zero-order valence-corrected chi connectivity index (χ0v) is 18.6. The van der Waals surface area contributed by atoms with Crippen molar-refractivity contribution >= 4 is 33.2 Å². The van der Waals surface area contributed by atoms with Crippen LogP contribution in [0.4, 0.5) is 5.69 Å². The number of halogens is 1. The number of nitrogens with zero attached hydrogens (tertiary/aromatic N) is 2. The van der Waals surface area contributed by atoms with Crippen molar-refractivity contribution in [3.05, 3.63) is 65.7 Å². The van der Waals surface area contributed by atoms with E-state index in [-0.39, 0.29) is 27.9 Å². The van der Waals surface area contributed by atoms with E-state index in [0.717, 1.165) is 6.42 Å². The van der Waals surface area contributed by atoms with Crippen LogP contribution < -0.4 is 9.04 Å². The quantitative estimate of drug-likeness (QED) is 0.595. The third-order valence-electron chi connectivity index (χ3n) is 5.12. The second-order valence-electron chi connectivity index (χ2n) is 7.28. The predicted octanol–water partition coefficient (Wildman–Crippen LogP) is 4.21.